The van der Waals surface area contributed by atoms with Crippen molar-refractivity contribution in [3.05, 3.63) is 108 Å². The smallest absolute Gasteiger partial charge is 0.328 e. The van der Waals surface area contributed by atoms with Gasteiger partial charge in [0.25, 0.3) is 0 Å². The number of ether oxygens (including phenoxy) is 1. The van der Waals surface area contributed by atoms with Crippen molar-refractivity contribution in [2.45, 2.75) is 50.4 Å². The summed E-state index contributed by atoms with van der Waals surface area (Å²) in [5, 5.41) is 0. The molecule has 8 heteroatoms. The van der Waals surface area contributed by atoms with Crippen LogP contribution in [0.2, 0.25) is 0 Å². The largest absolute Gasteiger partial charge is 0.467 e. The van der Waals surface area contributed by atoms with Crippen LogP contribution in [0, 0.1) is 5.92 Å². The second-order valence-electron chi connectivity index (χ2n) is 12.2. The fourth-order valence-electron chi connectivity index (χ4n) is 7.07. The number of nitrogens with zero attached hydrogens (tertiary/aromatic N) is 4. The van der Waals surface area contributed by atoms with Crippen molar-refractivity contribution in [2.75, 3.05) is 40.8 Å². The molecule has 3 aromatic carbocycles. The maximum Gasteiger partial charge on any atom is 0.328 e. The lowest BCUT2D eigenvalue weighted by Crippen LogP contribution is -2.65. The van der Waals surface area contributed by atoms with Gasteiger partial charge in [-0.15, -0.1) is 0 Å². The number of urea groups is 1. The lowest BCUT2D eigenvalue weighted by molar-refractivity contribution is -0.147. The van der Waals surface area contributed by atoms with Gasteiger partial charge in [-0.25, -0.2) is 9.59 Å². The summed E-state index contributed by atoms with van der Waals surface area (Å²) in [6.45, 7) is 5.60. The van der Waals surface area contributed by atoms with Crippen LogP contribution in [0.3, 0.4) is 0 Å². The lowest BCUT2D eigenvalue weighted by Gasteiger charge is -2.54. The van der Waals surface area contributed by atoms with E-state index in [1.165, 1.54) is 12.0 Å². The number of hydrogen-bond acceptors (Lipinski definition) is 5. The van der Waals surface area contributed by atoms with Gasteiger partial charge in [0, 0.05) is 33.7 Å². The highest BCUT2D eigenvalue weighted by molar-refractivity contribution is 5.85. The molecule has 3 amide bonds. The van der Waals surface area contributed by atoms with Crippen LogP contribution in [-0.4, -0.2) is 96.5 Å². The van der Waals surface area contributed by atoms with Crippen LogP contribution >= 0.6 is 0 Å². The van der Waals surface area contributed by atoms with Crippen LogP contribution in [0.4, 0.5) is 4.79 Å². The van der Waals surface area contributed by atoms with Crippen LogP contribution in [0.5, 0.6) is 0 Å². The average Bonchev–Trinajstić information content (AvgIpc) is 3.54. The maximum atomic E-state index is 14.3. The maximum absolute atomic E-state index is 14.3. The zero-order valence-corrected chi connectivity index (χ0v) is 26.4. The van der Waals surface area contributed by atoms with Gasteiger partial charge in [0.2, 0.25) is 5.91 Å². The van der Waals surface area contributed by atoms with Crippen molar-refractivity contribution in [3.63, 3.8) is 0 Å². The van der Waals surface area contributed by atoms with Crippen molar-refractivity contribution < 1.29 is 19.1 Å². The third kappa shape index (κ3) is 5.59. The fraction of sp³-hybridized carbons (Fsp3) is 0.417. The summed E-state index contributed by atoms with van der Waals surface area (Å²) < 4.78 is 4.97. The highest BCUT2D eigenvalue weighted by Gasteiger charge is 2.52. The molecule has 2 aliphatic heterocycles. The highest BCUT2D eigenvalue weighted by Crippen LogP contribution is 2.47. The topological polar surface area (TPSA) is 73.4 Å². The minimum Gasteiger partial charge on any atom is -0.467 e. The van der Waals surface area contributed by atoms with E-state index in [1.54, 1.807) is 19.0 Å². The second-order valence-corrected chi connectivity index (χ2v) is 12.2. The molecule has 44 heavy (non-hydrogen) atoms. The van der Waals surface area contributed by atoms with Crippen molar-refractivity contribution in [1.29, 1.82) is 0 Å². The van der Waals surface area contributed by atoms with Gasteiger partial charge in [-0.05, 0) is 35.4 Å². The number of likely N-dealkylation sites (N-methyl/N-ethyl adjacent to an activating group) is 2. The Balaban J connectivity index is 1.40. The Kier molecular flexibility index (Phi) is 9.39. The van der Waals surface area contributed by atoms with E-state index in [-0.39, 0.29) is 29.9 Å². The molecule has 3 aromatic rings. The lowest BCUT2D eigenvalue weighted by atomic mass is 9.72. The number of amides is 3. The van der Waals surface area contributed by atoms with E-state index in [2.05, 4.69) is 77.7 Å². The number of likely N-dealkylation sites (tertiary alicyclic amines) is 2. The van der Waals surface area contributed by atoms with Crippen LogP contribution in [0.15, 0.2) is 91.0 Å². The Morgan fingerprint density at radius 1 is 0.795 bits per heavy atom. The average molecular weight is 597 g/mol. The molecular formula is C36H44N4O4. The molecule has 0 aromatic heterocycles. The Morgan fingerprint density at radius 2 is 1.30 bits per heavy atom. The third-order valence-electron chi connectivity index (χ3n) is 9.43. The van der Waals surface area contributed by atoms with E-state index in [0.29, 0.717) is 19.5 Å². The van der Waals surface area contributed by atoms with Crippen LogP contribution in [0.25, 0.3) is 0 Å². The molecule has 2 aliphatic rings. The summed E-state index contributed by atoms with van der Waals surface area (Å²) in [5.74, 6) is -0.443. The Morgan fingerprint density at radius 3 is 1.70 bits per heavy atom. The summed E-state index contributed by atoms with van der Waals surface area (Å²) in [5.41, 5.74) is 2.71. The summed E-state index contributed by atoms with van der Waals surface area (Å²) in [4.78, 5) is 47.6. The number of benzene rings is 3. The Hall–Kier alpha value is -4.17. The number of hydrogen-bond donors (Lipinski definition) is 0. The molecule has 0 unspecified atom stereocenters. The first-order valence-corrected chi connectivity index (χ1v) is 15.5. The number of carbonyl (C=O) groups excluding carboxylic acids is 3. The van der Waals surface area contributed by atoms with E-state index in [9.17, 15) is 14.4 Å². The fourth-order valence-corrected chi connectivity index (χ4v) is 7.07. The van der Waals surface area contributed by atoms with Gasteiger partial charge >= 0.3 is 12.0 Å². The van der Waals surface area contributed by atoms with E-state index in [4.69, 9.17) is 4.74 Å². The molecule has 2 fully saturated rings. The van der Waals surface area contributed by atoms with Crippen LogP contribution in [-0.2, 0) is 19.9 Å². The van der Waals surface area contributed by atoms with Crippen LogP contribution in [0.1, 0.15) is 43.4 Å². The summed E-state index contributed by atoms with van der Waals surface area (Å²) in [7, 11) is 4.74. The van der Waals surface area contributed by atoms with E-state index < -0.39 is 17.6 Å². The number of rotatable bonds is 9. The molecule has 0 spiro atoms. The molecule has 0 aliphatic carbocycles. The van der Waals surface area contributed by atoms with Gasteiger partial charge in [0.15, 0.2) is 0 Å². The van der Waals surface area contributed by atoms with E-state index >= 15 is 0 Å². The molecule has 2 saturated heterocycles. The Labute approximate surface area is 261 Å². The molecular weight excluding hydrogens is 552 g/mol. The van der Waals surface area contributed by atoms with Gasteiger partial charge in [-0.2, -0.15) is 0 Å². The second kappa shape index (κ2) is 13.2. The molecule has 0 saturated carbocycles. The summed E-state index contributed by atoms with van der Waals surface area (Å²) in [6.07, 6.45) is 1.45. The molecule has 0 radical (unpaired) electrons. The van der Waals surface area contributed by atoms with Crippen molar-refractivity contribution in [1.82, 2.24) is 19.6 Å². The number of esters is 1. The predicted octanol–water partition coefficient (Wildman–Crippen LogP) is 4.83. The number of carbonyl (C=O) groups is 3. The van der Waals surface area contributed by atoms with Gasteiger partial charge < -0.3 is 19.4 Å². The van der Waals surface area contributed by atoms with Crippen LogP contribution < -0.4 is 0 Å². The van der Waals surface area contributed by atoms with Crippen molar-refractivity contribution in [2.24, 2.45) is 5.92 Å². The van der Waals surface area contributed by atoms with Gasteiger partial charge in [-0.3, -0.25) is 9.69 Å². The minimum atomic E-state index is -0.681. The summed E-state index contributed by atoms with van der Waals surface area (Å²) >= 11 is 0. The quantitative estimate of drug-likeness (QED) is 0.261. The minimum absolute atomic E-state index is 0.0924. The van der Waals surface area contributed by atoms with Gasteiger partial charge in [0.1, 0.15) is 6.04 Å². The highest BCUT2D eigenvalue weighted by atomic mass is 16.5. The van der Waals surface area contributed by atoms with Gasteiger partial charge in [0.05, 0.1) is 24.7 Å². The molecule has 8 nitrogen and oxygen atoms in total. The predicted molar refractivity (Wildman–Crippen MR) is 171 cm³/mol. The molecule has 0 bridgehead atoms. The standard InChI is InChI=1S/C36H44N4O4/c1-26(2)32(34(42)44-5)38(4)35(43)37(3)30-21-23-39(25-30)33(41)31-22-24-40(31)36(27-15-9-6-10-16-27,28-17-11-7-12-18-28)29-19-13-8-14-20-29/h6-20,26,30-32H,21-25H2,1-5H3/t30-,31+,32-/m0/s1. The number of methoxy groups -OCH3 is 1. The first kappa shape index (κ1) is 31.3. The summed E-state index contributed by atoms with van der Waals surface area (Å²) in [6, 6.07) is 30.0. The Bertz CT molecular complexity index is 1340. The normalized spacial score (nSPS) is 19.3. The zero-order chi connectivity index (χ0) is 31.4. The third-order valence-corrected chi connectivity index (χ3v) is 9.43. The SMILES string of the molecule is COC(=O)[C@H](C(C)C)N(C)C(=O)N(C)[C@H]1CCN(C(=O)[C@H]2CCN2C(c2ccccc2)(c2ccccc2)c2ccccc2)C1. The zero-order valence-electron chi connectivity index (χ0n) is 26.4. The molecule has 2 heterocycles. The first-order chi connectivity index (χ1) is 21.2. The first-order valence-electron chi connectivity index (χ1n) is 15.5. The van der Waals surface area contributed by atoms with Gasteiger partial charge in [-0.1, -0.05) is 105 Å². The molecule has 0 N–H and O–H groups in total. The molecule has 232 valence electrons. The van der Waals surface area contributed by atoms with E-state index in [1.807, 2.05) is 36.9 Å². The molecule has 3 atom stereocenters. The van der Waals surface area contributed by atoms with Crippen molar-refractivity contribution >= 4 is 17.9 Å². The van der Waals surface area contributed by atoms with E-state index in [0.717, 1.165) is 29.7 Å². The molecule has 5 rings (SSSR count). The monoisotopic (exact) mass is 596 g/mol. The van der Waals surface area contributed by atoms with Crippen molar-refractivity contribution in [3.8, 4) is 0 Å².